The molecule has 0 atom stereocenters. The fourth-order valence-electron chi connectivity index (χ4n) is 5.04. The first-order valence-electron chi connectivity index (χ1n) is 11.5. The molecule has 8 nitrogen and oxygen atoms in total. The van der Waals surface area contributed by atoms with E-state index in [1.54, 1.807) is 15.7 Å². The lowest BCUT2D eigenvalue weighted by atomic mass is 10.0. The molecule has 1 aromatic carbocycles. The molecule has 3 aliphatic rings. The van der Waals surface area contributed by atoms with E-state index in [9.17, 15) is 14.4 Å². The number of carbonyl (C=O) groups excluding carboxylic acids is 3. The third-order valence-corrected chi connectivity index (χ3v) is 6.87. The number of likely N-dealkylation sites (tertiary alicyclic amines) is 2. The molecule has 0 aliphatic carbocycles. The van der Waals surface area contributed by atoms with Crippen molar-refractivity contribution in [1.82, 2.24) is 14.4 Å². The molecule has 1 aromatic heterocycles. The van der Waals surface area contributed by atoms with Gasteiger partial charge in [-0.15, -0.1) is 0 Å². The molecule has 1 spiro atoms. The van der Waals surface area contributed by atoms with Crippen LogP contribution in [0.15, 0.2) is 30.5 Å². The molecule has 4 heterocycles. The monoisotopic (exact) mass is 439 g/mol. The van der Waals surface area contributed by atoms with Crippen LogP contribution < -0.4 is 0 Å². The largest absolute Gasteiger partial charge is 0.347 e. The predicted octanol–water partition coefficient (Wildman–Crippen LogP) is 2.20. The Morgan fingerprint density at radius 1 is 0.875 bits per heavy atom. The molecule has 2 aromatic rings. The number of ketones is 1. The molecule has 2 amide bonds. The van der Waals surface area contributed by atoms with Crippen molar-refractivity contribution in [2.45, 2.75) is 44.4 Å². The number of ether oxygens (including phenoxy) is 2. The van der Waals surface area contributed by atoms with Crippen LogP contribution in [0.4, 0.5) is 0 Å². The van der Waals surface area contributed by atoms with Crippen molar-refractivity contribution < 1.29 is 23.9 Å². The van der Waals surface area contributed by atoms with Gasteiger partial charge in [0, 0.05) is 56.1 Å². The molecule has 0 saturated carbocycles. The maximum absolute atomic E-state index is 13.2. The maximum atomic E-state index is 13.2. The Labute approximate surface area is 187 Å². The van der Waals surface area contributed by atoms with Gasteiger partial charge in [-0.05, 0) is 25.3 Å². The van der Waals surface area contributed by atoms with Crippen LogP contribution in [0.2, 0.25) is 0 Å². The molecule has 8 heteroatoms. The Balaban J connectivity index is 1.34. The number of nitrogens with zero attached hydrogens (tertiary/aromatic N) is 3. The van der Waals surface area contributed by atoms with Gasteiger partial charge in [0.2, 0.25) is 5.91 Å². The molecule has 0 radical (unpaired) electrons. The molecular weight excluding hydrogens is 410 g/mol. The van der Waals surface area contributed by atoms with Crippen LogP contribution in [-0.4, -0.2) is 77.1 Å². The summed E-state index contributed by atoms with van der Waals surface area (Å²) in [6, 6.07) is 7.45. The lowest BCUT2D eigenvalue weighted by Gasteiger charge is -2.37. The van der Waals surface area contributed by atoms with E-state index in [4.69, 9.17) is 9.47 Å². The summed E-state index contributed by atoms with van der Waals surface area (Å²) in [5.74, 6) is -1.59. The third kappa shape index (κ3) is 3.93. The van der Waals surface area contributed by atoms with Crippen LogP contribution in [0.3, 0.4) is 0 Å². The standard InChI is InChI=1S/C24H29N3O5/c28-21(25-10-4-1-5-11-25)17-27-16-19(18-6-2-3-7-20(18)27)22(29)23(30)26-12-8-24(9-13-26)31-14-15-32-24/h2-3,6-7,16H,1,4-5,8-15,17H2. The van der Waals surface area contributed by atoms with Crippen LogP contribution in [-0.2, 0) is 25.6 Å². The van der Waals surface area contributed by atoms with Gasteiger partial charge < -0.3 is 23.8 Å². The number of piperidine rings is 2. The minimum atomic E-state index is -0.593. The Bertz CT molecular complexity index is 1020. The first-order chi connectivity index (χ1) is 15.6. The highest BCUT2D eigenvalue weighted by molar-refractivity contribution is 6.44. The molecule has 0 bridgehead atoms. The van der Waals surface area contributed by atoms with Crippen molar-refractivity contribution in [2.75, 3.05) is 39.4 Å². The van der Waals surface area contributed by atoms with Crippen LogP contribution in [0.1, 0.15) is 42.5 Å². The summed E-state index contributed by atoms with van der Waals surface area (Å²) in [7, 11) is 0. The highest BCUT2D eigenvalue weighted by atomic mass is 16.7. The first kappa shape index (κ1) is 21.2. The average molecular weight is 440 g/mol. The second-order valence-corrected chi connectivity index (χ2v) is 8.86. The van der Waals surface area contributed by atoms with Crippen LogP contribution in [0, 0.1) is 0 Å². The molecular formula is C24H29N3O5. The summed E-state index contributed by atoms with van der Waals surface area (Å²) in [6.45, 7) is 3.74. The van der Waals surface area contributed by atoms with E-state index in [2.05, 4.69) is 0 Å². The number of amides is 2. The molecule has 3 saturated heterocycles. The van der Waals surface area contributed by atoms with Crippen molar-refractivity contribution in [3.05, 3.63) is 36.0 Å². The second-order valence-electron chi connectivity index (χ2n) is 8.86. The van der Waals surface area contributed by atoms with Gasteiger partial charge >= 0.3 is 0 Å². The minimum Gasteiger partial charge on any atom is -0.347 e. The molecule has 3 fully saturated rings. The Hall–Kier alpha value is -2.71. The normalized spacial score (nSPS) is 20.8. The molecule has 0 N–H and O–H groups in total. The fourth-order valence-corrected chi connectivity index (χ4v) is 5.04. The summed E-state index contributed by atoms with van der Waals surface area (Å²) in [5.41, 5.74) is 1.14. The highest BCUT2D eigenvalue weighted by Gasteiger charge is 2.42. The number of Topliss-reactive ketones (excluding diaryl/α,β-unsaturated/α-hetero) is 1. The highest BCUT2D eigenvalue weighted by Crippen LogP contribution is 2.32. The summed E-state index contributed by atoms with van der Waals surface area (Å²) in [6.07, 6.45) is 6.03. The summed E-state index contributed by atoms with van der Waals surface area (Å²) in [4.78, 5) is 42.5. The van der Waals surface area contributed by atoms with Gasteiger partial charge in [-0.1, -0.05) is 18.2 Å². The van der Waals surface area contributed by atoms with Gasteiger partial charge in [0.25, 0.3) is 11.7 Å². The predicted molar refractivity (Wildman–Crippen MR) is 117 cm³/mol. The number of fused-ring (bicyclic) bond motifs is 1. The lowest BCUT2D eigenvalue weighted by Crippen LogP contribution is -2.49. The van der Waals surface area contributed by atoms with Crippen molar-refractivity contribution in [3.63, 3.8) is 0 Å². The van der Waals surface area contributed by atoms with Crippen molar-refractivity contribution >= 4 is 28.5 Å². The van der Waals surface area contributed by atoms with Gasteiger partial charge in [-0.25, -0.2) is 0 Å². The summed E-state index contributed by atoms with van der Waals surface area (Å²) in [5, 5.41) is 0.702. The zero-order chi connectivity index (χ0) is 22.1. The molecule has 3 aliphatic heterocycles. The minimum absolute atomic E-state index is 0.0497. The number of rotatable bonds is 4. The smallest absolute Gasteiger partial charge is 0.295 e. The van der Waals surface area contributed by atoms with E-state index in [0.717, 1.165) is 37.9 Å². The lowest BCUT2D eigenvalue weighted by molar-refractivity contribution is -0.186. The van der Waals surface area contributed by atoms with Crippen molar-refractivity contribution in [1.29, 1.82) is 0 Å². The second kappa shape index (κ2) is 8.67. The van der Waals surface area contributed by atoms with Gasteiger partial charge in [0.15, 0.2) is 5.79 Å². The van der Waals surface area contributed by atoms with E-state index >= 15 is 0 Å². The zero-order valence-electron chi connectivity index (χ0n) is 18.3. The number of benzene rings is 1. The SMILES string of the molecule is O=C(C(=O)N1CCC2(CC1)OCCO2)c1cn(CC(=O)N2CCCCC2)c2ccccc12. The van der Waals surface area contributed by atoms with E-state index in [-0.39, 0.29) is 12.5 Å². The van der Waals surface area contributed by atoms with E-state index in [1.165, 1.54) is 0 Å². The Morgan fingerprint density at radius 2 is 1.56 bits per heavy atom. The van der Waals surface area contributed by atoms with Gasteiger partial charge in [0.05, 0.1) is 18.8 Å². The fraction of sp³-hybridized carbons (Fsp3) is 0.542. The Morgan fingerprint density at radius 3 is 2.28 bits per heavy atom. The van der Waals surface area contributed by atoms with Gasteiger partial charge in [0.1, 0.15) is 6.54 Å². The number of para-hydroxylation sites is 1. The van der Waals surface area contributed by atoms with Crippen LogP contribution >= 0.6 is 0 Å². The van der Waals surface area contributed by atoms with E-state index in [1.807, 2.05) is 29.2 Å². The quantitative estimate of drug-likeness (QED) is 0.539. The molecule has 5 rings (SSSR count). The zero-order valence-corrected chi connectivity index (χ0v) is 18.3. The van der Waals surface area contributed by atoms with Crippen LogP contribution in [0.5, 0.6) is 0 Å². The first-order valence-corrected chi connectivity index (χ1v) is 11.5. The topological polar surface area (TPSA) is 81.1 Å². The van der Waals surface area contributed by atoms with Crippen LogP contribution in [0.25, 0.3) is 10.9 Å². The number of carbonyl (C=O) groups is 3. The van der Waals surface area contributed by atoms with Crippen molar-refractivity contribution in [2.24, 2.45) is 0 Å². The van der Waals surface area contributed by atoms with E-state index in [0.29, 0.717) is 50.1 Å². The summed E-state index contributed by atoms with van der Waals surface area (Å²) >= 11 is 0. The maximum Gasteiger partial charge on any atom is 0.295 e. The molecule has 170 valence electrons. The summed E-state index contributed by atoms with van der Waals surface area (Å²) < 4.78 is 13.2. The average Bonchev–Trinajstić information content (AvgIpc) is 3.44. The van der Waals surface area contributed by atoms with Gasteiger partial charge in [-0.2, -0.15) is 0 Å². The van der Waals surface area contributed by atoms with Crippen molar-refractivity contribution in [3.8, 4) is 0 Å². The number of hydrogen-bond donors (Lipinski definition) is 0. The van der Waals surface area contributed by atoms with Gasteiger partial charge in [-0.3, -0.25) is 14.4 Å². The number of hydrogen-bond acceptors (Lipinski definition) is 5. The molecule has 32 heavy (non-hydrogen) atoms. The van der Waals surface area contributed by atoms with E-state index < -0.39 is 17.5 Å². The third-order valence-electron chi connectivity index (χ3n) is 6.87. The molecule has 0 unspecified atom stereocenters. The number of aromatic nitrogens is 1. The Kier molecular flexibility index (Phi) is 5.73.